The van der Waals surface area contributed by atoms with Crippen LogP contribution in [0, 0.1) is 0 Å². The predicted octanol–water partition coefficient (Wildman–Crippen LogP) is 0.280. The molecule has 8 nitrogen and oxygen atoms in total. The van der Waals surface area contributed by atoms with Gasteiger partial charge >= 0.3 is 0 Å². The lowest BCUT2D eigenvalue weighted by Crippen LogP contribution is -2.53. The van der Waals surface area contributed by atoms with Gasteiger partial charge in [0.15, 0.2) is 0 Å². The molecule has 8 heteroatoms. The average Bonchev–Trinajstić information content (AvgIpc) is 2.61. The molecule has 0 aromatic heterocycles. The zero-order valence-electron chi connectivity index (χ0n) is 16.1. The number of carbonyl (C=O) groups is 3. The van der Waals surface area contributed by atoms with Gasteiger partial charge in [-0.2, -0.15) is 0 Å². The molecule has 0 spiro atoms. The Morgan fingerprint density at radius 2 is 1.38 bits per heavy atom. The van der Waals surface area contributed by atoms with Gasteiger partial charge in [-0.25, -0.2) is 0 Å². The molecule has 0 aliphatic heterocycles. The second-order valence-electron chi connectivity index (χ2n) is 6.61. The highest BCUT2D eigenvalue weighted by Gasteiger charge is 2.24. The number of carbonyl (C=O) groups excluding carboxylic acids is 3. The van der Waals surface area contributed by atoms with Crippen LogP contribution in [-0.4, -0.2) is 42.9 Å². The summed E-state index contributed by atoms with van der Waals surface area (Å²) in [4.78, 5) is 36.1. The number of amides is 3. The van der Waals surface area contributed by atoms with Crippen LogP contribution in [-0.2, 0) is 14.4 Å². The number of unbranched alkanes of at least 4 members (excludes halogenated alkanes) is 4. The summed E-state index contributed by atoms with van der Waals surface area (Å²) in [6.07, 6.45) is 7.61. The smallest absolute Gasteiger partial charge is 0.243 e. The minimum Gasteiger partial charge on any atom is -0.368 e. The highest BCUT2D eigenvalue weighted by atomic mass is 16.2. The molecule has 2 atom stereocenters. The van der Waals surface area contributed by atoms with E-state index in [0.717, 1.165) is 25.7 Å². The second kappa shape index (κ2) is 15.6. The van der Waals surface area contributed by atoms with E-state index < -0.39 is 23.9 Å². The Hall–Kier alpha value is -1.67. The van der Waals surface area contributed by atoms with Crippen LogP contribution >= 0.6 is 0 Å². The van der Waals surface area contributed by atoms with Gasteiger partial charge in [-0.05, 0) is 45.2 Å². The summed E-state index contributed by atoms with van der Waals surface area (Å²) in [7, 11) is 0. The normalized spacial score (nSPS) is 13.0. The lowest BCUT2D eigenvalue weighted by atomic mass is 10.1. The third-order valence-electron chi connectivity index (χ3n) is 4.21. The predicted molar refractivity (Wildman–Crippen MR) is 103 cm³/mol. The van der Waals surface area contributed by atoms with Crippen LogP contribution < -0.4 is 27.8 Å². The number of nitrogens with two attached hydrogens (primary N) is 3. The molecule has 152 valence electrons. The zero-order chi connectivity index (χ0) is 19.8. The van der Waals surface area contributed by atoms with E-state index in [1.807, 2.05) is 0 Å². The molecule has 0 aliphatic carbocycles. The van der Waals surface area contributed by atoms with Crippen LogP contribution in [0.4, 0.5) is 0 Å². The summed E-state index contributed by atoms with van der Waals surface area (Å²) in [5.74, 6) is -1.17. The minimum atomic E-state index is -0.780. The van der Waals surface area contributed by atoms with Crippen LogP contribution in [0.5, 0.6) is 0 Å². The van der Waals surface area contributed by atoms with E-state index in [4.69, 9.17) is 17.2 Å². The van der Waals surface area contributed by atoms with Gasteiger partial charge in [0.05, 0.1) is 0 Å². The van der Waals surface area contributed by atoms with Gasteiger partial charge in [0.1, 0.15) is 12.1 Å². The molecule has 0 fully saturated rings. The van der Waals surface area contributed by atoms with Crippen molar-refractivity contribution in [1.29, 1.82) is 0 Å². The van der Waals surface area contributed by atoms with Crippen molar-refractivity contribution in [2.45, 2.75) is 83.2 Å². The standard InChI is InChI=1S/C18H37N5O3/c1-2-3-4-5-6-11-16(24)22-15(10-8-13-20)18(26)23-14(17(21)25)9-7-12-19/h14-15H,2-13,19-20H2,1H3,(H2,21,25)(H,22,24)(H,23,26)/t14-,15-/m0/s1. The summed E-state index contributed by atoms with van der Waals surface area (Å²) in [5, 5.41) is 5.38. The Balaban J connectivity index is 4.56. The fourth-order valence-electron chi connectivity index (χ4n) is 2.63. The van der Waals surface area contributed by atoms with Crippen LogP contribution in [0.3, 0.4) is 0 Å². The third kappa shape index (κ3) is 11.8. The Labute approximate surface area is 157 Å². The van der Waals surface area contributed by atoms with Gasteiger partial charge in [-0.1, -0.05) is 32.6 Å². The molecular formula is C18H37N5O3. The number of hydrogen-bond acceptors (Lipinski definition) is 5. The van der Waals surface area contributed by atoms with E-state index in [0.29, 0.717) is 45.2 Å². The van der Waals surface area contributed by atoms with E-state index >= 15 is 0 Å². The molecule has 0 saturated heterocycles. The monoisotopic (exact) mass is 371 g/mol. The maximum Gasteiger partial charge on any atom is 0.243 e. The summed E-state index contributed by atoms with van der Waals surface area (Å²) in [6.45, 7) is 2.97. The van der Waals surface area contributed by atoms with E-state index in [2.05, 4.69) is 17.6 Å². The second-order valence-corrected chi connectivity index (χ2v) is 6.61. The van der Waals surface area contributed by atoms with E-state index in [-0.39, 0.29) is 5.91 Å². The van der Waals surface area contributed by atoms with Crippen molar-refractivity contribution in [1.82, 2.24) is 10.6 Å². The molecule has 0 aromatic rings. The van der Waals surface area contributed by atoms with Gasteiger partial charge in [-0.15, -0.1) is 0 Å². The first-order valence-electron chi connectivity index (χ1n) is 9.75. The zero-order valence-corrected chi connectivity index (χ0v) is 16.1. The van der Waals surface area contributed by atoms with Crippen molar-refractivity contribution in [3.05, 3.63) is 0 Å². The van der Waals surface area contributed by atoms with Gasteiger partial charge in [0, 0.05) is 6.42 Å². The van der Waals surface area contributed by atoms with Crippen LogP contribution in [0.15, 0.2) is 0 Å². The van der Waals surface area contributed by atoms with E-state index in [9.17, 15) is 14.4 Å². The fourth-order valence-corrected chi connectivity index (χ4v) is 2.63. The lowest BCUT2D eigenvalue weighted by Gasteiger charge is -2.22. The van der Waals surface area contributed by atoms with Crippen molar-refractivity contribution in [3.63, 3.8) is 0 Å². The minimum absolute atomic E-state index is 0.156. The highest BCUT2D eigenvalue weighted by molar-refractivity contribution is 5.91. The maximum atomic E-state index is 12.5. The molecule has 8 N–H and O–H groups in total. The number of primary amides is 1. The van der Waals surface area contributed by atoms with Gasteiger partial charge in [0.2, 0.25) is 17.7 Å². The Bertz CT molecular complexity index is 418. The first-order valence-corrected chi connectivity index (χ1v) is 9.75. The molecule has 0 bridgehead atoms. The molecule has 0 radical (unpaired) electrons. The van der Waals surface area contributed by atoms with Gasteiger partial charge in [-0.3, -0.25) is 14.4 Å². The highest BCUT2D eigenvalue weighted by Crippen LogP contribution is 2.06. The molecule has 26 heavy (non-hydrogen) atoms. The molecule has 0 aromatic carbocycles. The van der Waals surface area contributed by atoms with Crippen molar-refractivity contribution in [2.24, 2.45) is 17.2 Å². The first kappa shape index (κ1) is 24.3. The molecule has 0 rings (SSSR count). The summed E-state index contributed by atoms with van der Waals surface area (Å²) >= 11 is 0. The SMILES string of the molecule is CCCCCCCC(=O)N[C@@H](CCCN)C(=O)N[C@@H](CCCN)C(N)=O. The summed E-state index contributed by atoms with van der Waals surface area (Å²) in [5.41, 5.74) is 16.3. The van der Waals surface area contributed by atoms with Crippen molar-refractivity contribution < 1.29 is 14.4 Å². The molecule has 0 heterocycles. The van der Waals surface area contributed by atoms with E-state index in [1.54, 1.807) is 0 Å². The van der Waals surface area contributed by atoms with Crippen LogP contribution in [0.2, 0.25) is 0 Å². The fraction of sp³-hybridized carbons (Fsp3) is 0.833. The van der Waals surface area contributed by atoms with Crippen molar-refractivity contribution >= 4 is 17.7 Å². The maximum absolute atomic E-state index is 12.5. The average molecular weight is 372 g/mol. The van der Waals surface area contributed by atoms with Gasteiger partial charge < -0.3 is 27.8 Å². The number of hydrogen-bond donors (Lipinski definition) is 5. The van der Waals surface area contributed by atoms with Crippen molar-refractivity contribution in [2.75, 3.05) is 13.1 Å². The lowest BCUT2D eigenvalue weighted by molar-refractivity contribution is -0.131. The van der Waals surface area contributed by atoms with Gasteiger partial charge in [0.25, 0.3) is 0 Å². The molecular weight excluding hydrogens is 334 g/mol. The summed E-state index contributed by atoms with van der Waals surface area (Å²) < 4.78 is 0. The van der Waals surface area contributed by atoms with Crippen LogP contribution in [0.1, 0.15) is 71.1 Å². The molecule has 0 unspecified atom stereocenters. The van der Waals surface area contributed by atoms with E-state index in [1.165, 1.54) is 6.42 Å². The third-order valence-corrected chi connectivity index (χ3v) is 4.21. The number of nitrogens with one attached hydrogen (secondary N) is 2. The number of rotatable bonds is 16. The van der Waals surface area contributed by atoms with Crippen molar-refractivity contribution in [3.8, 4) is 0 Å². The summed E-state index contributed by atoms with van der Waals surface area (Å²) in [6, 6.07) is -1.49. The quantitative estimate of drug-likeness (QED) is 0.247. The Morgan fingerprint density at radius 1 is 0.808 bits per heavy atom. The van der Waals surface area contributed by atoms with Crippen LogP contribution in [0.25, 0.3) is 0 Å². The molecule has 3 amide bonds. The largest absolute Gasteiger partial charge is 0.368 e. The Kier molecular flexibility index (Phi) is 14.6. The Morgan fingerprint density at radius 3 is 1.92 bits per heavy atom. The first-order chi connectivity index (χ1) is 12.5. The molecule has 0 aliphatic rings. The molecule has 0 saturated carbocycles. The topological polar surface area (TPSA) is 153 Å².